The lowest BCUT2D eigenvalue weighted by Gasteiger charge is -2.31. The molecule has 1 saturated carbocycles. The van der Waals surface area contributed by atoms with E-state index in [0.29, 0.717) is 12.5 Å². The van der Waals surface area contributed by atoms with Gasteiger partial charge in [-0.1, -0.05) is 6.42 Å². The average molecular weight is 279 g/mol. The Kier molecular flexibility index (Phi) is 4.94. The van der Waals surface area contributed by atoms with Crippen LogP contribution in [0.15, 0.2) is 0 Å². The summed E-state index contributed by atoms with van der Waals surface area (Å²) >= 11 is 0. The van der Waals surface area contributed by atoms with E-state index in [-0.39, 0.29) is 0 Å². The predicted molar refractivity (Wildman–Crippen MR) is 80.7 cm³/mol. The molecule has 3 fully saturated rings. The highest BCUT2D eigenvalue weighted by Crippen LogP contribution is 2.27. The van der Waals surface area contributed by atoms with E-state index < -0.39 is 0 Å². The van der Waals surface area contributed by atoms with Gasteiger partial charge in [0.15, 0.2) is 0 Å². The van der Waals surface area contributed by atoms with Crippen LogP contribution in [-0.4, -0.2) is 73.0 Å². The van der Waals surface area contributed by atoms with Crippen molar-refractivity contribution in [2.75, 3.05) is 52.4 Å². The fraction of sp³-hybridized carbons (Fsp3) is 0.938. The Labute approximate surface area is 123 Å². The maximum atomic E-state index is 12.2. The van der Waals surface area contributed by atoms with Gasteiger partial charge in [0, 0.05) is 32.7 Å². The molecule has 0 N–H and O–H groups in total. The number of rotatable bonds is 4. The quantitative estimate of drug-likeness (QED) is 0.778. The van der Waals surface area contributed by atoms with Crippen molar-refractivity contribution in [3.8, 4) is 0 Å². The van der Waals surface area contributed by atoms with Crippen molar-refractivity contribution in [1.82, 2.24) is 14.7 Å². The number of carbonyl (C=O) groups is 1. The van der Waals surface area contributed by atoms with Gasteiger partial charge in [-0.05, 0) is 51.1 Å². The highest BCUT2D eigenvalue weighted by Gasteiger charge is 2.24. The Morgan fingerprint density at radius 3 is 2.20 bits per heavy atom. The lowest BCUT2D eigenvalue weighted by atomic mass is 9.85. The lowest BCUT2D eigenvalue weighted by molar-refractivity contribution is -0.131. The summed E-state index contributed by atoms with van der Waals surface area (Å²) in [5.74, 6) is 1.32. The monoisotopic (exact) mass is 279 g/mol. The molecule has 2 aliphatic heterocycles. The van der Waals surface area contributed by atoms with Gasteiger partial charge in [-0.3, -0.25) is 9.69 Å². The molecule has 0 unspecified atom stereocenters. The summed E-state index contributed by atoms with van der Waals surface area (Å²) in [6.07, 6.45) is 7.93. The first kappa shape index (κ1) is 14.3. The normalized spacial score (nSPS) is 26.5. The molecule has 0 aromatic heterocycles. The Bertz CT molecular complexity index is 324. The molecule has 1 amide bonds. The van der Waals surface area contributed by atoms with Gasteiger partial charge in [0.25, 0.3) is 0 Å². The van der Waals surface area contributed by atoms with Gasteiger partial charge in [-0.2, -0.15) is 0 Å². The predicted octanol–water partition coefficient (Wildman–Crippen LogP) is 1.42. The van der Waals surface area contributed by atoms with Gasteiger partial charge in [0.05, 0.1) is 6.54 Å². The summed E-state index contributed by atoms with van der Waals surface area (Å²) in [5, 5.41) is 0. The summed E-state index contributed by atoms with van der Waals surface area (Å²) in [4.78, 5) is 19.3. The third-order valence-corrected chi connectivity index (χ3v) is 5.24. The van der Waals surface area contributed by atoms with Crippen LogP contribution in [0.1, 0.15) is 38.5 Å². The zero-order valence-electron chi connectivity index (χ0n) is 12.7. The van der Waals surface area contributed by atoms with Crippen molar-refractivity contribution < 1.29 is 4.79 Å². The van der Waals surface area contributed by atoms with Crippen LogP contribution in [-0.2, 0) is 4.79 Å². The molecule has 2 saturated heterocycles. The van der Waals surface area contributed by atoms with E-state index in [1.807, 2.05) is 0 Å². The number of hydrogen-bond acceptors (Lipinski definition) is 3. The number of likely N-dealkylation sites (tertiary alicyclic amines) is 1. The average Bonchev–Trinajstić information content (AvgIpc) is 2.84. The zero-order chi connectivity index (χ0) is 13.8. The van der Waals surface area contributed by atoms with Crippen molar-refractivity contribution in [2.24, 2.45) is 5.92 Å². The fourth-order valence-corrected chi connectivity index (χ4v) is 3.66. The first-order valence-corrected chi connectivity index (χ1v) is 8.54. The van der Waals surface area contributed by atoms with Crippen LogP contribution in [0.4, 0.5) is 0 Å². The third kappa shape index (κ3) is 3.73. The molecule has 0 bridgehead atoms. The van der Waals surface area contributed by atoms with Crippen molar-refractivity contribution in [3.63, 3.8) is 0 Å². The molecule has 20 heavy (non-hydrogen) atoms. The molecule has 4 nitrogen and oxygen atoms in total. The van der Waals surface area contributed by atoms with Crippen molar-refractivity contribution >= 4 is 5.91 Å². The second kappa shape index (κ2) is 6.90. The summed E-state index contributed by atoms with van der Waals surface area (Å²) in [6.45, 7) is 8.48. The molecular formula is C16H29N3O. The minimum Gasteiger partial charge on any atom is -0.342 e. The van der Waals surface area contributed by atoms with Crippen LogP contribution in [0.2, 0.25) is 0 Å². The standard InChI is InChI=1S/C16H29N3O/c20-16(19-9-1-2-10-19)14-18-8-4-7-17(11-12-18)13-15-5-3-6-15/h15H,1-14H2. The Morgan fingerprint density at radius 1 is 0.800 bits per heavy atom. The minimum absolute atomic E-state index is 0.356. The zero-order valence-corrected chi connectivity index (χ0v) is 12.7. The fourth-order valence-electron chi connectivity index (χ4n) is 3.66. The number of carbonyl (C=O) groups excluding carboxylic acids is 1. The highest BCUT2D eigenvalue weighted by atomic mass is 16.2. The first-order chi connectivity index (χ1) is 9.81. The Hall–Kier alpha value is -0.610. The van der Waals surface area contributed by atoms with E-state index in [9.17, 15) is 4.79 Å². The third-order valence-electron chi connectivity index (χ3n) is 5.24. The minimum atomic E-state index is 0.356. The molecule has 3 aliphatic rings. The van der Waals surface area contributed by atoms with Crippen LogP contribution in [0, 0.1) is 5.92 Å². The molecule has 114 valence electrons. The van der Waals surface area contributed by atoms with E-state index in [1.54, 1.807) is 0 Å². The van der Waals surface area contributed by atoms with Crippen molar-refractivity contribution in [2.45, 2.75) is 38.5 Å². The van der Waals surface area contributed by atoms with Crippen molar-refractivity contribution in [1.29, 1.82) is 0 Å². The smallest absolute Gasteiger partial charge is 0.236 e. The molecule has 4 heteroatoms. The molecule has 0 aromatic carbocycles. The Morgan fingerprint density at radius 2 is 1.50 bits per heavy atom. The molecule has 3 rings (SSSR count). The summed E-state index contributed by atoms with van der Waals surface area (Å²) in [5.41, 5.74) is 0. The van der Waals surface area contributed by atoms with Crippen LogP contribution >= 0.6 is 0 Å². The maximum Gasteiger partial charge on any atom is 0.236 e. The highest BCUT2D eigenvalue weighted by molar-refractivity contribution is 5.78. The second-order valence-corrected chi connectivity index (χ2v) is 6.82. The molecule has 0 aromatic rings. The molecule has 1 aliphatic carbocycles. The second-order valence-electron chi connectivity index (χ2n) is 6.82. The van der Waals surface area contributed by atoms with Crippen LogP contribution in [0.25, 0.3) is 0 Å². The summed E-state index contributed by atoms with van der Waals surface area (Å²) < 4.78 is 0. The number of amides is 1. The van der Waals surface area contributed by atoms with Gasteiger partial charge >= 0.3 is 0 Å². The van der Waals surface area contributed by atoms with Gasteiger partial charge in [-0.15, -0.1) is 0 Å². The van der Waals surface area contributed by atoms with Gasteiger partial charge in [-0.25, -0.2) is 0 Å². The van der Waals surface area contributed by atoms with Crippen LogP contribution in [0.3, 0.4) is 0 Å². The number of nitrogens with zero attached hydrogens (tertiary/aromatic N) is 3. The topological polar surface area (TPSA) is 26.8 Å². The SMILES string of the molecule is O=C(CN1CCCN(CC2CCC2)CC1)N1CCCC1. The summed E-state index contributed by atoms with van der Waals surface area (Å²) in [7, 11) is 0. The maximum absolute atomic E-state index is 12.2. The van der Waals surface area contributed by atoms with Crippen LogP contribution in [0.5, 0.6) is 0 Å². The largest absolute Gasteiger partial charge is 0.342 e. The first-order valence-electron chi connectivity index (χ1n) is 8.54. The van der Waals surface area contributed by atoms with Gasteiger partial charge < -0.3 is 9.80 Å². The van der Waals surface area contributed by atoms with Crippen LogP contribution < -0.4 is 0 Å². The molecule has 0 radical (unpaired) electrons. The molecule has 2 heterocycles. The van der Waals surface area contributed by atoms with E-state index in [1.165, 1.54) is 51.6 Å². The van der Waals surface area contributed by atoms with Crippen molar-refractivity contribution in [3.05, 3.63) is 0 Å². The molecule has 0 atom stereocenters. The van der Waals surface area contributed by atoms with E-state index in [2.05, 4.69) is 14.7 Å². The lowest BCUT2D eigenvalue weighted by Crippen LogP contribution is -2.41. The molecular weight excluding hydrogens is 250 g/mol. The summed E-state index contributed by atoms with van der Waals surface area (Å²) in [6, 6.07) is 0. The van der Waals surface area contributed by atoms with Gasteiger partial charge in [0.2, 0.25) is 5.91 Å². The van der Waals surface area contributed by atoms with E-state index in [0.717, 1.165) is 38.6 Å². The number of hydrogen-bond donors (Lipinski definition) is 0. The van der Waals surface area contributed by atoms with Gasteiger partial charge in [0.1, 0.15) is 0 Å². The molecule has 0 spiro atoms. The van der Waals surface area contributed by atoms with E-state index in [4.69, 9.17) is 0 Å². The Balaban J connectivity index is 1.40. The van der Waals surface area contributed by atoms with E-state index >= 15 is 0 Å².